The Morgan fingerprint density at radius 2 is 2.06 bits per heavy atom. The van der Waals surface area contributed by atoms with Crippen molar-refractivity contribution < 1.29 is 9.59 Å². The fraction of sp³-hybridized carbons (Fsp3) is 0.400. The van der Waals surface area contributed by atoms with E-state index in [2.05, 4.69) is 20.6 Å². The van der Waals surface area contributed by atoms with Crippen LogP contribution in [0.2, 0.25) is 0 Å². The van der Waals surface area contributed by atoms with Crippen molar-refractivity contribution in [2.75, 3.05) is 29.9 Å². The van der Waals surface area contributed by atoms with Crippen molar-refractivity contribution in [2.24, 2.45) is 0 Å². The number of nitrogens with zero attached hydrogens (tertiary/aromatic N) is 3. The lowest BCUT2D eigenvalue weighted by Gasteiger charge is -2.26. The van der Waals surface area contributed by atoms with Crippen LogP contribution in [0.3, 0.4) is 0 Å². The molecule has 2 N–H and O–H groups in total. The summed E-state index contributed by atoms with van der Waals surface area (Å²) in [6.45, 7) is 2.93. The van der Waals surface area contributed by atoms with Crippen LogP contribution in [-0.2, 0) is 9.59 Å². The highest BCUT2D eigenvalue weighted by atomic mass is 16.2. The van der Waals surface area contributed by atoms with Crippen LogP contribution >= 0.6 is 0 Å². The van der Waals surface area contributed by atoms with Crippen molar-refractivity contribution >= 4 is 23.5 Å². The minimum atomic E-state index is -0.322. The number of imide groups is 1. The first-order chi connectivity index (χ1) is 8.19. The lowest BCUT2D eigenvalue weighted by atomic mass is 10.3. The standard InChI is InChI=1S/C10H13N5O2/c1-2-12-7-3-11-4-8(13-7)15-5-9(16)14-10(17)6-15/h3-4H,2,5-6H2,1H3,(H,12,13)(H,14,16,17). The van der Waals surface area contributed by atoms with E-state index >= 15 is 0 Å². The normalized spacial score (nSPS) is 15.7. The summed E-state index contributed by atoms with van der Waals surface area (Å²) in [5.41, 5.74) is 0. The summed E-state index contributed by atoms with van der Waals surface area (Å²) in [7, 11) is 0. The van der Waals surface area contributed by atoms with E-state index in [9.17, 15) is 9.59 Å². The molecule has 0 aliphatic carbocycles. The van der Waals surface area contributed by atoms with E-state index in [-0.39, 0.29) is 24.9 Å². The number of carbonyl (C=O) groups is 2. The largest absolute Gasteiger partial charge is 0.369 e. The molecule has 2 heterocycles. The van der Waals surface area contributed by atoms with Crippen molar-refractivity contribution in [3.8, 4) is 0 Å². The summed E-state index contributed by atoms with van der Waals surface area (Å²) in [6, 6.07) is 0. The van der Waals surface area contributed by atoms with Gasteiger partial charge in [0, 0.05) is 6.54 Å². The van der Waals surface area contributed by atoms with Gasteiger partial charge in [-0.3, -0.25) is 19.9 Å². The van der Waals surface area contributed by atoms with E-state index in [0.717, 1.165) is 6.54 Å². The molecule has 1 aromatic rings. The second-order valence-electron chi connectivity index (χ2n) is 3.62. The van der Waals surface area contributed by atoms with Gasteiger partial charge in [0.05, 0.1) is 25.5 Å². The number of rotatable bonds is 3. The zero-order chi connectivity index (χ0) is 12.3. The van der Waals surface area contributed by atoms with Crippen molar-refractivity contribution in [3.05, 3.63) is 12.4 Å². The smallest absolute Gasteiger partial charge is 0.246 e. The van der Waals surface area contributed by atoms with Gasteiger partial charge in [0.15, 0.2) is 0 Å². The second-order valence-corrected chi connectivity index (χ2v) is 3.62. The lowest BCUT2D eigenvalue weighted by Crippen LogP contribution is -2.51. The Hall–Kier alpha value is -2.18. The van der Waals surface area contributed by atoms with Gasteiger partial charge in [0.1, 0.15) is 11.6 Å². The quantitative estimate of drug-likeness (QED) is 0.678. The Morgan fingerprint density at radius 3 is 2.71 bits per heavy atom. The van der Waals surface area contributed by atoms with Crippen molar-refractivity contribution in [3.63, 3.8) is 0 Å². The summed E-state index contributed by atoms with van der Waals surface area (Å²) in [5.74, 6) is 0.504. The molecule has 2 rings (SSSR count). The van der Waals surface area contributed by atoms with E-state index in [0.29, 0.717) is 11.6 Å². The Balaban J connectivity index is 2.18. The number of carbonyl (C=O) groups excluding carboxylic acids is 2. The van der Waals surface area contributed by atoms with E-state index in [4.69, 9.17) is 0 Å². The Bertz CT molecular complexity index is 432. The molecule has 0 bridgehead atoms. The lowest BCUT2D eigenvalue weighted by molar-refractivity contribution is -0.130. The first-order valence-corrected chi connectivity index (χ1v) is 5.32. The fourth-order valence-corrected chi connectivity index (χ4v) is 1.57. The van der Waals surface area contributed by atoms with Crippen LogP contribution in [-0.4, -0.2) is 41.4 Å². The van der Waals surface area contributed by atoms with Crippen LogP contribution in [0.4, 0.5) is 11.6 Å². The number of hydrogen-bond donors (Lipinski definition) is 2. The number of anilines is 2. The van der Waals surface area contributed by atoms with Gasteiger partial charge in [0.25, 0.3) is 0 Å². The number of hydrogen-bond acceptors (Lipinski definition) is 6. The topological polar surface area (TPSA) is 87.2 Å². The SMILES string of the molecule is CCNc1cncc(N2CC(=O)NC(=O)C2)n1. The highest BCUT2D eigenvalue weighted by molar-refractivity contribution is 6.02. The molecule has 0 radical (unpaired) electrons. The molecule has 0 unspecified atom stereocenters. The first-order valence-electron chi connectivity index (χ1n) is 5.32. The van der Waals surface area contributed by atoms with Crippen LogP contribution < -0.4 is 15.5 Å². The molecule has 0 aromatic carbocycles. The van der Waals surface area contributed by atoms with Crippen molar-refractivity contribution in [1.29, 1.82) is 0 Å². The minimum Gasteiger partial charge on any atom is -0.369 e. The van der Waals surface area contributed by atoms with Crippen LogP contribution in [0.1, 0.15) is 6.92 Å². The molecule has 1 aromatic heterocycles. The number of amides is 2. The maximum Gasteiger partial charge on any atom is 0.246 e. The van der Waals surface area contributed by atoms with Gasteiger partial charge in [-0.2, -0.15) is 0 Å². The zero-order valence-corrected chi connectivity index (χ0v) is 9.43. The molecule has 90 valence electrons. The van der Waals surface area contributed by atoms with Gasteiger partial charge in [0.2, 0.25) is 11.8 Å². The molecule has 7 nitrogen and oxygen atoms in total. The summed E-state index contributed by atoms with van der Waals surface area (Å²) in [6.07, 6.45) is 3.13. The minimum absolute atomic E-state index is 0.121. The molecule has 0 saturated carbocycles. The van der Waals surface area contributed by atoms with Gasteiger partial charge in [-0.05, 0) is 6.92 Å². The Morgan fingerprint density at radius 1 is 1.35 bits per heavy atom. The van der Waals surface area contributed by atoms with E-state index < -0.39 is 0 Å². The third kappa shape index (κ3) is 2.68. The van der Waals surface area contributed by atoms with Gasteiger partial charge >= 0.3 is 0 Å². The Kier molecular flexibility index (Phi) is 3.17. The average molecular weight is 235 g/mol. The highest BCUT2D eigenvalue weighted by Crippen LogP contribution is 2.13. The van der Waals surface area contributed by atoms with Crippen LogP contribution in [0.5, 0.6) is 0 Å². The van der Waals surface area contributed by atoms with Gasteiger partial charge < -0.3 is 10.2 Å². The van der Waals surface area contributed by atoms with E-state index in [1.807, 2.05) is 6.92 Å². The van der Waals surface area contributed by atoms with Crippen LogP contribution in [0, 0.1) is 0 Å². The van der Waals surface area contributed by atoms with Crippen molar-refractivity contribution in [1.82, 2.24) is 15.3 Å². The van der Waals surface area contributed by atoms with Gasteiger partial charge in [-0.15, -0.1) is 0 Å². The zero-order valence-electron chi connectivity index (χ0n) is 9.43. The second kappa shape index (κ2) is 4.77. The van der Waals surface area contributed by atoms with Crippen molar-refractivity contribution in [2.45, 2.75) is 6.92 Å². The highest BCUT2D eigenvalue weighted by Gasteiger charge is 2.23. The molecule has 7 heteroatoms. The molecule has 1 aliphatic heterocycles. The molecule has 2 amide bonds. The molecule has 1 fully saturated rings. The molecule has 0 atom stereocenters. The fourth-order valence-electron chi connectivity index (χ4n) is 1.57. The maximum absolute atomic E-state index is 11.2. The van der Waals surface area contributed by atoms with Crippen LogP contribution in [0.25, 0.3) is 0 Å². The third-order valence-electron chi connectivity index (χ3n) is 2.25. The maximum atomic E-state index is 11.2. The van der Waals surface area contributed by atoms with Gasteiger partial charge in [-0.1, -0.05) is 0 Å². The molecule has 1 aliphatic rings. The van der Waals surface area contributed by atoms with E-state index in [1.165, 1.54) is 6.20 Å². The number of piperazine rings is 1. The predicted molar refractivity (Wildman–Crippen MR) is 61.6 cm³/mol. The molecule has 1 saturated heterocycles. The Labute approximate surface area is 98.2 Å². The molecular weight excluding hydrogens is 222 g/mol. The number of aromatic nitrogens is 2. The average Bonchev–Trinajstić information content (AvgIpc) is 2.28. The summed E-state index contributed by atoms with van der Waals surface area (Å²) >= 11 is 0. The monoisotopic (exact) mass is 235 g/mol. The summed E-state index contributed by atoms with van der Waals surface area (Å²) < 4.78 is 0. The molecular formula is C10H13N5O2. The van der Waals surface area contributed by atoms with E-state index in [1.54, 1.807) is 11.1 Å². The first kappa shape index (κ1) is 11.3. The predicted octanol–water partition coefficient (Wildman–Crippen LogP) is -0.629. The summed E-state index contributed by atoms with van der Waals surface area (Å²) in [5, 5.41) is 5.26. The summed E-state index contributed by atoms with van der Waals surface area (Å²) in [4.78, 5) is 32.3. The third-order valence-corrected chi connectivity index (χ3v) is 2.25. The molecule has 0 spiro atoms. The van der Waals surface area contributed by atoms with Crippen LogP contribution in [0.15, 0.2) is 12.4 Å². The molecule has 17 heavy (non-hydrogen) atoms. The van der Waals surface area contributed by atoms with Gasteiger partial charge in [-0.25, -0.2) is 4.98 Å². The number of nitrogens with one attached hydrogen (secondary N) is 2.